The fourth-order valence-corrected chi connectivity index (χ4v) is 2.58. The molecule has 1 fully saturated rings. The molecule has 0 aromatic carbocycles. The Kier molecular flexibility index (Phi) is 3.52. The van der Waals surface area contributed by atoms with Gasteiger partial charge in [0.05, 0.1) is 0 Å². The fourth-order valence-electron chi connectivity index (χ4n) is 1.18. The van der Waals surface area contributed by atoms with Crippen LogP contribution in [0.1, 0.15) is 6.42 Å². The van der Waals surface area contributed by atoms with Gasteiger partial charge in [-0.05, 0) is 18.1 Å². The zero-order valence-corrected chi connectivity index (χ0v) is 7.19. The van der Waals surface area contributed by atoms with Crippen LogP contribution in [0.4, 0.5) is 0 Å². The van der Waals surface area contributed by atoms with Gasteiger partial charge in [0.1, 0.15) is 0 Å². The molecule has 1 heterocycles. The number of thioether (sulfide) groups is 1. The normalized spacial score (nSPS) is 33.0. The van der Waals surface area contributed by atoms with E-state index in [0.717, 1.165) is 18.8 Å². The van der Waals surface area contributed by atoms with Gasteiger partial charge in [0.2, 0.25) is 0 Å². The summed E-state index contributed by atoms with van der Waals surface area (Å²) >= 11 is 1.96. The molecule has 60 valence electrons. The molecule has 0 amide bonds. The van der Waals surface area contributed by atoms with E-state index in [4.69, 9.17) is 10.5 Å². The first kappa shape index (κ1) is 8.37. The van der Waals surface area contributed by atoms with Crippen molar-refractivity contribution in [2.45, 2.75) is 12.5 Å². The average Bonchev–Trinajstić information content (AvgIpc) is 2.31. The largest absolute Gasteiger partial charge is 0.385 e. The van der Waals surface area contributed by atoms with Crippen molar-refractivity contribution in [2.75, 3.05) is 25.2 Å². The third-order valence-corrected chi connectivity index (χ3v) is 3.22. The maximum atomic E-state index is 5.84. The van der Waals surface area contributed by atoms with Crippen LogP contribution in [0.25, 0.3) is 0 Å². The number of nitrogens with two attached hydrogens (primary N) is 1. The summed E-state index contributed by atoms with van der Waals surface area (Å²) in [6.07, 6.45) is 1.13. The van der Waals surface area contributed by atoms with Crippen molar-refractivity contribution >= 4 is 11.8 Å². The number of hydrogen-bond donors (Lipinski definition) is 1. The van der Waals surface area contributed by atoms with Gasteiger partial charge < -0.3 is 10.5 Å². The standard InChI is InChI=1S/C7H15NOS/c1-9-3-2-6-4-10-5-7(6)8/h6-7H,2-5,8H2,1H3. The molecule has 0 aromatic heterocycles. The van der Waals surface area contributed by atoms with Crippen LogP contribution < -0.4 is 5.73 Å². The molecule has 2 unspecified atom stereocenters. The van der Waals surface area contributed by atoms with E-state index < -0.39 is 0 Å². The molecular formula is C7H15NOS. The lowest BCUT2D eigenvalue weighted by Gasteiger charge is -2.12. The van der Waals surface area contributed by atoms with Crippen molar-refractivity contribution in [1.29, 1.82) is 0 Å². The molecule has 0 radical (unpaired) electrons. The Labute approximate surface area is 66.5 Å². The molecule has 0 spiro atoms. The first-order valence-corrected chi connectivity index (χ1v) is 4.82. The third kappa shape index (κ3) is 2.15. The number of ether oxygens (including phenoxy) is 1. The van der Waals surface area contributed by atoms with Gasteiger partial charge in [0.25, 0.3) is 0 Å². The van der Waals surface area contributed by atoms with Gasteiger partial charge in [-0.1, -0.05) is 0 Å². The summed E-state index contributed by atoms with van der Waals surface area (Å²) in [5.74, 6) is 3.06. The van der Waals surface area contributed by atoms with E-state index in [9.17, 15) is 0 Å². The highest BCUT2D eigenvalue weighted by Crippen LogP contribution is 2.24. The molecule has 3 heteroatoms. The van der Waals surface area contributed by atoms with Crippen molar-refractivity contribution in [3.63, 3.8) is 0 Å². The van der Waals surface area contributed by atoms with E-state index in [0.29, 0.717) is 12.0 Å². The summed E-state index contributed by atoms with van der Waals surface area (Å²) in [5, 5.41) is 0. The van der Waals surface area contributed by atoms with Gasteiger partial charge in [-0.3, -0.25) is 0 Å². The van der Waals surface area contributed by atoms with Crippen molar-refractivity contribution < 1.29 is 4.74 Å². The molecular weight excluding hydrogens is 146 g/mol. The summed E-state index contributed by atoms with van der Waals surface area (Å²) in [6, 6.07) is 0.417. The zero-order valence-electron chi connectivity index (χ0n) is 6.38. The summed E-state index contributed by atoms with van der Waals surface area (Å²) < 4.78 is 4.99. The quantitative estimate of drug-likeness (QED) is 0.662. The van der Waals surface area contributed by atoms with Crippen LogP contribution in [0.3, 0.4) is 0 Å². The Morgan fingerprint density at radius 1 is 1.60 bits per heavy atom. The van der Waals surface area contributed by atoms with Crippen molar-refractivity contribution in [1.82, 2.24) is 0 Å². The van der Waals surface area contributed by atoms with Crippen molar-refractivity contribution in [3.05, 3.63) is 0 Å². The Morgan fingerprint density at radius 3 is 2.90 bits per heavy atom. The second-order valence-corrected chi connectivity index (χ2v) is 3.82. The lowest BCUT2D eigenvalue weighted by molar-refractivity contribution is 0.178. The van der Waals surface area contributed by atoms with Gasteiger partial charge in [0.15, 0.2) is 0 Å². The molecule has 2 N–H and O–H groups in total. The molecule has 1 saturated heterocycles. The topological polar surface area (TPSA) is 35.2 Å². The Hall–Kier alpha value is 0.270. The highest BCUT2D eigenvalue weighted by atomic mass is 32.2. The van der Waals surface area contributed by atoms with Crippen molar-refractivity contribution in [2.24, 2.45) is 11.7 Å². The molecule has 2 atom stereocenters. The first-order valence-electron chi connectivity index (χ1n) is 3.67. The van der Waals surface area contributed by atoms with E-state index in [1.54, 1.807) is 7.11 Å². The summed E-state index contributed by atoms with van der Waals surface area (Å²) in [4.78, 5) is 0. The monoisotopic (exact) mass is 161 g/mol. The second-order valence-electron chi connectivity index (χ2n) is 2.74. The zero-order chi connectivity index (χ0) is 7.40. The average molecular weight is 161 g/mol. The van der Waals surface area contributed by atoms with Crippen LogP contribution in [0, 0.1) is 5.92 Å². The Bertz CT molecular complexity index is 99.6. The lowest BCUT2D eigenvalue weighted by Crippen LogP contribution is -2.28. The molecule has 10 heavy (non-hydrogen) atoms. The predicted molar refractivity (Wildman–Crippen MR) is 45.3 cm³/mol. The van der Waals surface area contributed by atoms with Crippen molar-refractivity contribution in [3.8, 4) is 0 Å². The SMILES string of the molecule is COCCC1CSCC1N. The minimum Gasteiger partial charge on any atom is -0.385 e. The van der Waals surface area contributed by atoms with Crippen LogP contribution in [0.15, 0.2) is 0 Å². The minimum atomic E-state index is 0.417. The molecule has 0 aliphatic carbocycles. The lowest BCUT2D eigenvalue weighted by atomic mass is 10.0. The molecule has 0 bridgehead atoms. The van der Waals surface area contributed by atoms with Gasteiger partial charge in [-0.25, -0.2) is 0 Å². The molecule has 1 aliphatic heterocycles. The molecule has 0 aromatic rings. The minimum absolute atomic E-state index is 0.417. The van der Waals surface area contributed by atoms with E-state index in [1.807, 2.05) is 11.8 Å². The highest BCUT2D eigenvalue weighted by molar-refractivity contribution is 7.99. The van der Waals surface area contributed by atoms with Crippen LogP contribution in [0.2, 0.25) is 0 Å². The maximum Gasteiger partial charge on any atom is 0.0465 e. The molecule has 1 rings (SSSR count). The van der Waals surface area contributed by atoms with Gasteiger partial charge in [-0.15, -0.1) is 0 Å². The van der Waals surface area contributed by atoms with Crippen LogP contribution in [-0.2, 0) is 4.74 Å². The molecule has 0 saturated carbocycles. The van der Waals surface area contributed by atoms with Gasteiger partial charge in [0, 0.05) is 25.5 Å². The van der Waals surface area contributed by atoms with Crippen LogP contribution >= 0.6 is 11.8 Å². The Morgan fingerprint density at radius 2 is 2.40 bits per heavy atom. The van der Waals surface area contributed by atoms with Gasteiger partial charge >= 0.3 is 0 Å². The smallest absolute Gasteiger partial charge is 0.0465 e. The predicted octanol–water partition coefficient (Wildman–Crippen LogP) is 0.713. The summed E-state index contributed by atoms with van der Waals surface area (Å²) in [5.41, 5.74) is 5.84. The Balaban J connectivity index is 2.14. The maximum absolute atomic E-state index is 5.84. The van der Waals surface area contributed by atoms with E-state index in [2.05, 4.69) is 0 Å². The first-order chi connectivity index (χ1) is 4.84. The highest BCUT2D eigenvalue weighted by Gasteiger charge is 2.23. The van der Waals surface area contributed by atoms with Gasteiger partial charge in [-0.2, -0.15) is 11.8 Å². The number of hydrogen-bond acceptors (Lipinski definition) is 3. The summed E-state index contributed by atoms with van der Waals surface area (Å²) in [6.45, 7) is 0.860. The molecule has 2 nitrogen and oxygen atoms in total. The van der Waals surface area contributed by atoms with Crippen LogP contribution in [0.5, 0.6) is 0 Å². The van der Waals surface area contributed by atoms with E-state index >= 15 is 0 Å². The third-order valence-electron chi connectivity index (χ3n) is 1.94. The fraction of sp³-hybridized carbons (Fsp3) is 1.00. The van der Waals surface area contributed by atoms with Crippen LogP contribution in [-0.4, -0.2) is 31.3 Å². The van der Waals surface area contributed by atoms with E-state index in [-0.39, 0.29) is 0 Å². The molecule has 1 aliphatic rings. The second kappa shape index (κ2) is 4.21. The number of methoxy groups -OCH3 is 1. The number of rotatable bonds is 3. The van der Waals surface area contributed by atoms with E-state index in [1.165, 1.54) is 5.75 Å². The summed E-state index contributed by atoms with van der Waals surface area (Å²) in [7, 11) is 1.74.